The molecule has 0 aromatic heterocycles. The maximum Gasteiger partial charge on any atom is 0.472 e. The van der Waals surface area contributed by atoms with Crippen LogP contribution in [0.25, 0.3) is 0 Å². The molecule has 0 saturated heterocycles. The summed E-state index contributed by atoms with van der Waals surface area (Å²) in [6.45, 7) is 3.24. The zero-order valence-electron chi connectivity index (χ0n) is 36.3. The molecule has 1 rings (SSSR count). The molecule has 0 aromatic rings. The Balaban J connectivity index is 2.48. The maximum absolute atomic E-state index is 12.8. The van der Waals surface area contributed by atoms with Crippen molar-refractivity contribution in [3.63, 3.8) is 0 Å². The molecule has 0 aromatic carbocycles. The quantitative estimate of drug-likeness (QED) is 0.0150. The van der Waals surface area contributed by atoms with Gasteiger partial charge >= 0.3 is 19.8 Å². The number of hydrogen-bond donors (Lipinski definition) is 6. The van der Waals surface area contributed by atoms with Gasteiger partial charge in [0.05, 0.1) is 6.61 Å². The highest BCUT2D eigenvalue weighted by Crippen LogP contribution is 2.47. The normalized spacial score (nSPS) is 22.6. The fourth-order valence-electron chi connectivity index (χ4n) is 6.72. The van der Waals surface area contributed by atoms with Crippen molar-refractivity contribution in [3.8, 4) is 0 Å². The average Bonchev–Trinajstić information content (AvgIpc) is 3.21. The number of carbonyl (C=O) groups is 2. The third-order valence-electron chi connectivity index (χ3n) is 10.5. The number of ether oxygens (including phenoxy) is 2. The van der Waals surface area contributed by atoms with Crippen molar-refractivity contribution in [3.05, 3.63) is 36.5 Å². The molecule has 0 aliphatic heterocycles. The van der Waals surface area contributed by atoms with Crippen molar-refractivity contribution >= 4 is 19.8 Å². The topological polar surface area (TPSA) is 210 Å². The second-order valence-corrected chi connectivity index (χ2v) is 17.3. The van der Waals surface area contributed by atoms with Crippen LogP contribution < -0.4 is 0 Å². The van der Waals surface area contributed by atoms with E-state index >= 15 is 0 Å². The molecule has 6 unspecified atom stereocenters. The highest BCUT2D eigenvalue weighted by atomic mass is 31.2. The minimum absolute atomic E-state index is 0.0862. The maximum atomic E-state index is 12.8. The molecule has 1 saturated carbocycles. The lowest BCUT2D eigenvalue weighted by Crippen LogP contribution is -2.64. The van der Waals surface area contributed by atoms with Gasteiger partial charge in [0.15, 0.2) is 6.10 Å². The van der Waals surface area contributed by atoms with Gasteiger partial charge in [0.25, 0.3) is 0 Å². The largest absolute Gasteiger partial charge is 0.472 e. The number of aliphatic hydroxyl groups excluding tert-OH is 5. The van der Waals surface area contributed by atoms with Crippen LogP contribution in [-0.4, -0.2) is 98.3 Å². The Morgan fingerprint density at radius 1 is 0.525 bits per heavy atom. The molecule has 0 amide bonds. The Bertz CT molecular complexity index is 1180. The van der Waals surface area contributed by atoms with Crippen LogP contribution in [0.5, 0.6) is 0 Å². The number of aliphatic hydroxyl groups is 5. The molecule has 8 atom stereocenters. The molecular weight excluding hydrogens is 779 g/mol. The van der Waals surface area contributed by atoms with E-state index in [1.807, 2.05) is 0 Å². The van der Waals surface area contributed by atoms with Crippen LogP contribution in [0, 0.1) is 0 Å². The predicted molar refractivity (Wildman–Crippen MR) is 230 cm³/mol. The Morgan fingerprint density at radius 2 is 0.915 bits per heavy atom. The first-order valence-electron chi connectivity index (χ1n) is 22.8. The van der Waals surface area contributed by atoms with Gasteiger partial charge < -0.3 is 39.9 Å². The van der Waals surface area contributed by atoms with Crippen LogP contribution in [0.15, 0.2) is 36.5 Å². The molecule has 0 heterocycles. The van der Waals surface area contributed by atoms with Crippen molar-refractivity contribution in [2.75, 3.05) is 13.2 Å². The van der Waals surface area contributed by atoms with Gasteiger partial charge in [0.1, 0.15) is 43.2 Å². The number of rotatable bonds is 37. The molecule has 6 N–H and O–H groups in total. The van der Waals surface area contributed by atoms with E-state index in [1.165, 1.54) is 44.9 Å². The zero-order chi connectivity index (χ0) is 43.6. The minimum atomic E-state index is -5.12. The van der Waals surface area contributed by atoms with Crippen molar-refractivity contribution in [2.45, 2.75) is 224 Å². The van der Waals surface area contributed by atoms with Gasteiger partial charge in [-0.25, -0.2) is 4.57 Å². The number of carbonyl (C=O) groups excluding carboxylic acids is 2. The molecule has 344 valence electrons. The summed E-state index contributed by atoms with van der Waals surface area (Å²) in [4.78, 5) is 35.7. The number of unbranched alkanes of at least 4 members (excludes halogenated alkanes) is 19. The van der Waals surface area contributed by atoms with Gasteiger partial charge in [-0.3, -0.25) is 18.6 Å². The molecule has 0 radical (unpaired) electrons. The van der Waals surface area contributed by atoms with E-state index in [1.54, 1.807) is 0 Å². The Hall–Kier alpha value is -1.93. The monoisotopic (exact) mass is 861 g/mol. The van der Waals surface area contributed by atoms with Crippen molar-refractivity contribution in [1.82, 2.24) is 0 Å². The lowest BCUT2D eigenvalue weighted by molar-refractivity contribution is -0.220. The van der Waals surface area contributed by atoms with Crippen LogP contribution in [-0.2, 0) is 32.7 Å². The van der Waals surface area contributed by atoms with E-state index in [-0.39, 0.29) is 12.8 Å². The highest BCUT2D eigenvalue weighted by molar-refractivity contribution is 7.47. The van der Waals surface area contributed by atoms with E-state index in [0.717, 1.165) is 96.3 Å². The van der Waals surface area contributed by atoms with Crippen molar-refractivity contribution in [2.24, 2.45) is 0 Å². The molecule has 59 heavy (non-hydrogen) atoms. The van der Waals surface area contributed by atoms with E-state index < -0.39 is 75.7 Å². The first-order valence-corrected chi connectivity index (χ1v) is 24.3. The summed E-state index contributed by atoms with van der Waals surface area (Å²) >= 11 is 0. The third kappa shape index (κ3) is 28.3. The summed E-state index contributed by atoms with van der Waals surface area (Å²) < 4.78 is 33.5. The molecule has 0 bridgehead atoms. The summed E-state index contributed by atoms with van der Waals surface area (Å²) in [5, 5.41) is 50.1. The molecule has 13 nitrogen and oxygen atoms in total. The van der Waals surface area contributed by atoms with E-state index in [0.29, 0.717) is 12.8 Å². The van der Waals surface area contributed by atoms with Crippen LogP contribution in [0.4, 0.5) is 0 Å². The number of esters is 2. The minimum Gasteiger partial charge on any atom is -0.462 e. The van der Waals surface area contributed by atoms with E-state index in [4.69, 9.17) is 18.5 Å². The van der Waals surface area contributed by atoms with Crippen molar-refractivity contribution in [1.29, 1.82) is 0 Å². The van der Waals surface area contributed by atoms with Crippen LogP contribution >= 0.6 is 7.82 Å². The van der Waals surface area contributed by atoms with Gasteiger partial charge in [-0.2, -0.15) is 0 Å². The average molecular weight is 861 g/mol. The molecule has 14 heteroatoms. The van der Waals surface area contributed by atoms with Crippen LogP contribution in [0.1, 0.15) is 181 Å². The van der Waals surface area contributed by atoms with Gasteiger partial charge in [-0.1, -0.05) is 134 Å². The molecule has 0 spiro atoms. The fraction of sp³-hybridized carbons (Fsp3) is 0.822. The first-order chi connectivity index (χ1) is 28.4. The third-order valence-corrected chi connectivity index (χ3v) is 11.4. The summed E-state index contributed by atoms with van der Waals surface area (Å²) in [5.41, 5.74) is 0. The summed E-state index contributed by atoms with van der Waals surface area (Å²) in [6, 6.07) is 0. The zero-order valence-corrected chi connectivity index (χ0v) is 37.2. The van der Waals surface area contributed by atoms with E-state index in [2.05, 4.69) is 50.3 Å². The molecule has 1 aliphatic carbocycles. The predicted octanol–water partition coefficient (Wildman–Crippen LogP) is 8.61. The number of allylic oxidation sites excluding steroid dienone is 6. The lowest BCUT2D eigenvalue weighted by atomic mass is 9.85. The summed E-state index contributed by atoms with van der Waals surface area (Å²) in [7, 11) is -5.12. The van der Waals surface area contributed by atoms with Gasteiger partial charge in [-0.15, -0.1) is 0 Å². The second kappa shape index (κ2) is 35.6. The first kappa shape index (κ1) is 55.1. The number of phosphoric acid groups is 1. The summed E-state index contributed by atoms with van der Waals surface area (Å²) in [6.07, 6.45) is 26.2. The van der Waals surface area contributed by atoms with Gasteiger partial charge in [-0.05, 0) is 70.6 Å². The van der Waals surface area contributed by atoms with Gasteiger partial charge in [0.2, 0.25) is 0 Å². The molecule has 1 aliphatic rings. The number of hydrogen-bond acceptors (Lipinski definition) is 12. The highest BCUT2D eigenvalue weighted by Gasteiger charge is 2.51. The Labute approximate surface area is 355 Å². The van der Waals surface area contributed by atoms with E-state index in [9.17, 15) is 44.6 Å². The van der Waals surface area contributed by atoms with Crippen LogP contribution in [0.2, 0.25) is 0 Å². The Kier molecular flexibility index (Phi) is 33.3. The standard InChI is InChI=1S/C45H81O13P/c1-3-5-7-9-11-13-15-17-18-19-20-22-24-26-28-30-32-34-39(47)57-37(36-56-59(53,54)58-45-43(51)41(49)40(48)42(50)44(45)52)35-55-38(46)33-31-29-27-25-23-21-16-14-12-10-8-6-4-2/h11,13-14,16-18,37,40-45,48-52H,3-10,12,15,19-36H2,1-2H3,(H,53,54)/b13-11+,16-14+,18-17+/t37-,40?,41+,42?,43?,44?,45?/m1/s1. The van der Waals surface area contributed by atoms with Crippen LogP contribution in [0.3, 0.4) is 0 Å². The SMILES string of the molecule is CCCCC/C=C/C/C=C/CCCCCCCCCC(=O)O[C@H](COC(=O)CCCCCCC/C=C/CCCCCC)COP(=O)(O)OC1C(O)C(O)C(O)[C@H](O)C1O. The van der Waals surface area contributed by atoms with Gasteiger partial charge in [0, 0.05) is 12.8 Å². The molecular formula is C45H81O13P. The second-order valence-electron chi connectivity index (χ2n) is 15.9. The molecule has 1 fully saturated rings. The number of phosphoric ester groups is 1. The Morgan fingerprint density at radius 3 is 1.42 bits per heavy atom. The fourth-order valence-corrected chi connectivity index (χ4v) is 7.70. The smallest absolute Gasteiger partial charge is 0.462 e. The lowest BCUT2D eigenvalue weighted by Gasteiger charge is -2.41. The van der Waals surface area contributed by atoms with Crippen molar-refractivity contribution < 1.29 is 63.1 Å². The summed E-state index contributed by atoms with van der Waals surface area (Å²) in [5.74, 6) is -1.12.